The van der Waals surface area contributed by atoms with Gasteiger partial charge < -0.3 is 14.2 Å². The minimum Gasteiger partial charge on any atom is -0.459 e. The summed E-state index contributed by atoms with van der Waals surface area (Å²) in [7, 11) is 0. The van der Waals surface area contributed by atoms with Gasteiger partial charge in [-0.2, -0.15) is 13.7 Å². The Morgan fingerprint density at radius 2 is 1.44 bits per heavy atom. The number of hydrogen-bond acceptors (Lipinski definition) is 6. The molecule has 278 valence electrons. The number of benzene rings is 3. The number of rotatable bonds is 2. The molecule has 3 aromatic carbocycles. The van der Waals surface area contributed by atoms with Gasteiger partial charge in [-0.25, -0.2) is 14.4 Å². The van der Waals surface area contributed by atoms with Crippen molar-refractivity contribution in [1.82, 2.24) is 0 Å². The van der Waals surface area contributed by atoms with Crippen molar-refractivity contribution in [1.29, 1.82) is 0 Å². The second kappa shape index (κ2) is 11.3. The Bertz CT molecular complexity index is 2820. The van der Waals surface area contributed by atoms with Crippen LogP contribution in [0, 0.1) is 0 Å². The Morgan fingerprint density at radius 3 is 2.28 bits per heavy atom. The van der Waals surface area contributed by atoms with Gasteiger partial charge in [0.1, 0.15) is 11.7 Å². The highest BCUT2D eigenvalue weighted by Gasteiger charge is 2.69. The summed E-state index contributed by atoms with van der Waals surface area (Å²) in [6, 6.07) is 35.8. The van der Waals surface area contributed by atoms with E-state index < -0.39 is 46.7 Å². The Labute approximate surface area is 328 Å². The third-order valence-corrected chi connectivity index (χ3v) is 13.9. The molecule has 8 bridgehead atoms. The summed E-state index contributed by atoms with van der Waals surface area (Å²) >= 11 is 0. The number of pyridine rings is 3. The third kappa shape index (κ3) is 4.45. The number of carbonyl (C=O) groups excluding carboxylic acids is 3. The largest absolute Gasteiger partial charge is 0.459 e. The van der Waals surface area contributed by atoms with Gasteiger partial charge >= 0.3 is 17.9 Å². The van der Waals surface area contributed by atoms with Gasteiger partial charge in [0.15, 0.2) is 37.8 Å². The highest BCUT2D eigenvalue weighted by molar-refractivity contribution is 5.93. The van der Waals surface area contributed by atoms with Crippen LogP contribution in [-0.2, 0) is 44.7 Å². The number of nitrogens with zero attached hydrogens (tertiary/aromatic N) is 3. The number of aromatic nitrogens is 3. The first-order chi connectivity index (χ1) is 27.7. The number of ether oxygens (including phenoxy) is 3. The zero-order valence-electron chi connectivity index (χ0n) is 31.3. The average molecular weight is 753 g/mol. The summed E-state index contributed by atoms with van der Waals surface area (Å²) in [4.78, 5) is 43.4. The molecule has 1 saturated carbocycles. The molecule has 0 radical (unpaired) electrons. The van der Waals surface area contributed by atoms with Crippen molar-refractivity contribution in [2.45, 2.75) is 74.5 Å². The van der Waals surface area contributed by atoms with E-state index >= 15 is 0 Å². The van der Waals surface area contributed by atoms with Crippen LogP contribution in [0.4, 0.5) is 0 Å². The quantitative estimate of drug-likeness (QED) is 0.123. The van der Waals surface area contributed by atoms with Crippen LogP contribution in [0.25, 0.3) is 33.8 Å². The minimum atomic E-state index is -1.20. The van der Waals surface area contributed by atoms with Gasteiger partial charge in [-0.1, -0.05) is 0 Å². The first-order valence-electron chi connectivity index (χ1n) is 19.8. The van der Waals surface area contributed by atoms with Crippen LogP contribution in [0.2, 0.25) is 0 Å². The highest BCUT2D eigenvalue weighted by Crippen LogP contribution is 2.57. The van der Waals surface area contributed by atoms with Crippen LogP contribution >= 0.6 is 0 Å². The Balaban J connectivity index is 1.08. The van der Waals surface area contributed by atoms with Crippen LogP contribution in [0.5, 0.6) is 0 Å². The third-order valence-electron chi connectivity index (χ3n) is 13.9. The lowest BCUT2D eigenvalue weighted by Gasteiger charge is -2.54. The van der Waals surface area contributed by atoms with Crippen molar-refractivity contribution < 1.29 is 42.3 Å². The van der Waals surface area contributed by atoms with Crippen molar-refractivity contribution in [2.24, 2.45) is 0 Å². The predicted molar refractivity (Wildman–Crippen MR) is 205 cm³/mol. The SMILES string of the molecule is CC12CC3(Cc4cc(ccc4-c4cccc[n+]43)C(=O)O1)C(OC(=O)c1ccc3c(c1)C[n+]1ccccc1-3)CC1CC23C[n+]2ccccc2-c2ccc(cc23)C(=O)O1. The maximum absolute atomic E-state index is 14.7. The molecule has 12 rings (SSSR count). The molecule has 5 aliphatic heterocycles. The predicted octanol–water partition coefficient (Wildman–Crippen LogP) is 5.99. The molecule has 1 aliphatic carbocycles. The van der Waals surface area contributed by atoms with Gasteiger partial charge in [0.2, 0.25) is 22.6 Å². The van der Waals surface area contributed by atoms with E-state index in [1.54, 1.807) is 0 Å². The van der Waals surface area contributed by atoms with Crippen molar-refractivity contribution in [3.05, 3.63) is 161 Å². The first-order valence-corrected chi connectivity index (χ1v) is 19.8. The molecule has 0 amide bonds. The molecular weight excluding hydrogens is 715 g/mol. The summed E-state index contributed by atoms with van der Waals surface area (Å²) in [5, 5.41) is 0. The van der Waals surface area contributed by atoms with Gasteiger partial charge in [0.25, 0.3) is 0 Å². The van der Waals surface area contributed by atoms with E-state index in [2.05, 4.69) is 57.4 Å². The molecule has 1 fully saturated rings. The van der Waals surface area contributed by atoms with Crippen LogP contribution in [0.1, 0.15) is 74.0 Å². The van der Waals surface area contributed by atoms with E-state index in [0.717, 1.165) is 50.5 Å². The first kappa shape index (κ1) is 32.7. The summed E-state index contributed by atoms with van der Waals surface area (Å²) in [5.74, 6) is -1.28. The number of hydrogen-bond donors (Lipinski definition) is 0. The zero-order chi connectivity index (χ0) is 38.3. The molecule has 0 saturated heterocycles. The van der Waals surface area contributed by atoms with Gasteiger partial charge in [-0.15, -0.1) is 0 Å². The van der Waals surface area contributed by atoms with Crippen molar-refractivity contribution in [3.8, 4) is 33.8 Å². The molecule has 9 nitrogen and oxygen atoms in total. The summed E-state index contributed by atoms with van der Waals surface area (Å²) < 4.78 is 27.1. The molecule has 9 heteroatoms. The zero-order valence-corrected chi connectivity index (χ0v) is 31.3. The minimum absolute atomic E-state index is 0.248. The molecule has 8 heterocycles. The van der Waals surface area contributed by atoms with E-state index in [1.165, 1.54) is 0 Å². The fraction of sp³-hybridized carbons (Fsp3) is 0.250. The maximum Gasteiger partial charge on any atom is 0.338 e. The fourth-order valence-corrected chi connectivity index (χ4v) is 11.4. The van der Waals surface area contributed by atoms with Gasteiger partial charge in [0, 0.05) is 66.8 Å². The van der Waals surface area contributed by atoms with Gasteiger partial charge in [-0.05, 0) is 90.8 Å². The van der Waals surface area contributed by atoms with Crippen molar-refractivity contribution in [2.75, 3.05) is 0 Å². The van der Waals surface area contributed by atoms with Crippen molar-refractivity contribution in [3.63, 3.8) is 0 Å². The molecule has 5 unspecified atom stereocenters. The second-order valence-corrected chi connectivity index (χ2v) is 16.9. The lowest BCUT2D eigenvalue weighted by molar-refractivity contribution is -0.770. The monoisotopic (exact) mass is 752 g/mol. The van der Waals surface area contributed by atoms with Gasteiger partial charge in [0.05, 0.1) is 39.7 Å². The van der Waals surface area contributed by atoms with E-state index in [4.69, 9.17) is 14.2 Å². The Kier molecular flexibility index (Phi) is 6.50. The normalized spacial score (nSPS) is 26.5. The molecule has 5 atom stereocenters. The number of esters is 3. The molecule has 57 heavy (non-hydrogen) atoms. The summed E-state index contributed by atoms with van der Waals surface area (Å²) in [6.07, 6.45) is 6.10. The lowest BCUT2D eigenvalue weighted by Crippen LogP contribution is -2.74. The van der Waals surface area contributed by atoms with Crippen LogP contribution in [-0.4, -0.2) is 35.7 Å². The Hall–Kier alpha value is -6.48. The second-order valence-electron chi connectivity index (χ2n) is 16.9. The molecule has 0 N–H and O–H groups in total. The molecule has 3 aromatic heterocycles. The van der Waals surface area contributed by atoms with Crippen LogP contribution in [0.15, 0.2) is 128 Å². The van der Waals surface area contributed by atoms with E-state index in [1.807, 2.05) is 91.0 Å². The summed E-state index contributed by atoms with van der Waals surface area (Å²) in [5.41, 5.74) is 7.56. The summed E-state index contributed by atoms with van der Waals surface area (Å²) in [6.45, 7) is 3.21. The Morgan fingerprint density at radius 1 is 0.737 bits per heavy atom. The van der Waals surface area contributed by atoms with Crippen LogP contribution < -0.4 is 13.7 Å². The molecule has 6 aromatic rings. The standard InChI is InChI=1S/C48H38N3O6/c1-46-27-48(24-32-20-30(45(54)57-46)12-14-35(32)41-10-4-7-19-51(41)48)42(56-44(53)29-11-15-36-33(21-29)26-49-17-5-2-8-39(36)49)23-34-25-47(46)28-50-18-6-3-9-40(50)37-16-13-31(22-38(37)47)43(52)55-34/h2-22,34,42H,23-28H2,1H3/q+3. The van der Waals surface area contributed by atoms with E-state index in [0.29, 0.717) is 49.0 Å². The molecule has 6 aliphatic rings. The average Bonchev–Trinajstić information content (AvgIpc) is 3.60. The molecular formula is C48H38N3O6+3. The van der Waals surface area contributed by atoms with Crippen LogP contribution in [0.3, 0.4) is 0 Å². The number of carbonyl (C=O) groups is 3. The number of fused-ring (bicyclic) bond motifs is 11. The van der Waals surface area contributed by atoms with Crippen molar-refractivity contribution >= 4 is 17.9 Å². The smallest absolute Gasteiger partial charge is 0.338 e. The fourth-order valence-electron chi connectivity index (χ4n) is 11.4. The highest BCUT2D eigenvalue weighted by atomic mass is 16.6. The lowest BCUT2D eigenvalue weighted by atomic mass is 9.55. The van der Waals surface area contributed by atoms with E-state index in [-0.39, 0.29) is 6.42 Å². The maximum atomic E-state index is 14.7. The van der Waals surface area contributed by atoms with Gasteiger partial charge in [-0.3, -0.25) is 0 Å². The molecule has 2 spiro atoms. The van der Waals surface area contributed by atoms with E-state index in [9.17, 15) is 14.4 Å². The topological polar surface area (TPSA) is 90.5 Å².